The lowest BCUT2D eigenvalue weighted by Crippen LogP contribution is -2.02. The van der Waals surface area contributed by atoms with Crippen molar-refractivity contribution in [2.75, 3.05) is 6.26 Å². The summed E-state index contributed by atoms with van der Waals surface area (Å²) in [5.41, 5.74) is 1.29. The topological polar surface area (TPSA) is 46.5 Å². The van der Waals surface area contributed by atoms with Crippen LogP contribution >= 0.6 is 27.7 Å². The second kappa shape index (κ2) is 6.33. The third kappa shape index (κ3) is 3.16. The Bertz CT molecular complexity index is 656. The van der Waals surface area contributed by atoms with E-state index in [1.807, 2.05) is 31.4 Å². The highest BCUT2D eigenvalue weighted by Crippen LogP contribution is 2.35. The Hall–Kier alpha value is -1.46. The highest BCUT2D eigenvalue weighted by Gasteiger charge is 2.17. The highest BCUT2D eigenvalue weighted by molar-refractivity contribution is 9.10. The molecule has 0 spiro atoms. The molecule has 0 bridgehead atoms. The van der Waals surface area contributed by atoms with Crippen molar-refractivity contribution in [2.24, 2.45) is 0 Å². The van der Waals surface area contributed by atoms with Crippen molar-refractivity contribution in [2.45, 2.75) is 11.8 Å². The third-order valence-corrected chi connectivity index (χ3v) is 4.13. The zero-order valence-electron chi connectivity index (χ0n) is 11.0. The second-order valence-electron chi connectivity index (χ2n) is 4.17. The number of rotatable bonds is 4. The van der Waals surface area contributed by atoms with Crippen molar-refractivity contribution in [1.29, 1.82) is 0 Å². The molecule has 0 atom stereocenters. The zero-order valence-corrected chi connectivity index (χ0v) is 13.4. The molecule has 104 valence electrons. The third-order valence-electron chi connectivity index (χ3n) is 2.73. The van der Waals surface area contributed by atoms with Crippen LogP contribution in [0.1, 0.15) is 15.9 Å². The molecule has 0 unspecified atom stereocenters. The van der Waals surface area contributed by atoms with Gasteiger partial charge in [-0.15, -0.1) is 11.8 Å². The molecule has 0 aromatic heterocycles. The second-order valence-corrected chi connectivity index (χ2v) is 5.88. The van der Waals surface area contributed by atoms with Crippen molar-refractivity contribution in [3.8, 4) is 11.5 Å². The number of aryl methyl sites for hydroxylation is 1. The fourth-order valence-electron chi connectivity index (χ4n) is 1.78. The number of thioether (sulfide) groups is 1. The number of halogens is 1. The fraction of sp³-hybridized carbons (Fsp3) is 0.133. The SMILES string of the molecule is CSc1cccc(Oc2ccc(C)cc2Br)c1C(=O)O. The van der Waals surface area contributed by atoms with Gasteiger partial charge in [-0.25, -0.2) is 4.79 Å². The number of ether oxygens (including phenoxy) is 1. The van der Waals surface area contributed by atoms with Crippen LogP contribution in [0.5, 0.6) is 11.5 Å². The summed E-state index contributed by atoms with van der Waals surface area (Å²) >= 11 is 4.81. The maximum Gasteiger partial charge on any atom is 0.340 e. The van der Waals surface area contributed by atoms with Gasteiger partial charge in [0, 0.05) is 4.90 Å². The molecule has 20 heavy (non-hydrogen) atoms. The number of carboxylic acids is 1. The van der Waals surface area contributed by atoms with E-state index in [1.54, 1.807) is 18.2 Å². The average molecular weight is 353 g/mol. The molecule has 2 rings (SSSR count). The largest absolute Gasteiger partial charge is 0.478 e. The van der Waals surface area contributed by atoms with Gasteiger partial charge in [-0.3, -0.25) is 0 Å². The lowest BCUT2D eigenvalue weighted by molar-refractivity contribution is 0.0690. The van der Waals surface area contributed by atoms with Crippen LogP contribution in [-0.4, -0.2) is 17.3 Å². The smallest absolute Gasteiger partial charge is 0.340 e. The first-order valence-electron chi connectivity index (χ1n) is 5.87. The first-order valence-corrected chi connectivity index (χ1v) is 7.89. The van der Waals surface area contributed by atoms with Crippen LogP contribution in [-0.2, 0) is 0 Å². The minimum Gasteiger partial charge on any atom is -0.478 e. The summed E-state index contributed by atoms with van der Waals surface area (Å²) < 4.78 is 6.55. The fourth-order valence-corrected chi connectivity index (χ4v) is 2.96. The van der Waals surface area contributed by atoms with Gasteiger partial charge in [0.2, 0.25) is 0 Å². The quantitative estimate of drug-likeness (QED) is 0.789. The molecule has 5 heteroatoms. The monoisotopic (exact) mass is 352 g/mol. The van der Waals surface area contributed by atoms with E-state index in [-0.39, 0.29) is 5.56 Å². The molecular weight excluding hydrogens is 340 g/mol. The van der Waals surface area contributed by atoms with Gasteiger partial charge in [0.05, 0.1) is 4.47 Å². The van der Waals surface area contributed by atoms with Gasteiger partial charge < -0.3 is 9.84 Å². The molecular formula is C15H13BrO3S. The molecule has 0 aliphatic heterocycles. The molecule has 3 nitrogen and oxygen atoms in total. The van der Waals surface area contributed by atoms with E-state index in [1.165, 1.54) is 11.8 Å². The van der Waals surface area contributed by atoms with E-state index in [0.29, 0.717) is 16.4 Å². The van der Waals surface area contributed by atoms with E-state index in [4.69, 9.17) is 4.74 Å². The van der Waals surface area contributed by atoms with E-state index in [0.717, 1.165) is 10.0 Å². The summed E-state index contributed by atoms with van der Waals surface area (Å²) in [5, 5.41) is 9.36. The number of benzene rings is 2. The molecule has 0 heterocycles. The summed E-state index contributed by atoms with van der Waals surface area (Å²) in [5.74, 6) is -0.0570. The van der Waals surface area contributed by atoms with Crippen LogP contribution in [0.15, 0.2) is 45.8 Å². The normalized spacial score (nSPS) is 10.3. The van der Waals surface area contributed by atoms with Crippen LogP contribution < -0.4 is 4.74 Å². The number of carbonyl (C=O) groups is 1. The number of aromatic carboxylic acids is 1. The minimum atomic E-state index is -0.992. The highest BCUT2D eigenvalue weighted by atomic mass is 79.9. The Morgan fingerprint density at radius 3 is 2.60 bits per heavy atom. The lowest BCUT2D eigenvalue weighted by Gasteiger charge is -2.12. The summed E-state index contributed by atoms with van der Waals surface area (Å²) in [6.07, 6.45) is 1.84. The van der Waals surface area contributed by atoms with Gasteiger partial charge >= 0.3 is 5.97 Å². The van der Waals surface area contributed by atoms with Crippen molar-refractivity contribution in [1.82, 2.24) is 0 Å². The molecule has 2 aromatic carbocycles. The summed E-state index contributed by atoms with van der Waals surface area (Å²) in [6.45, 7) is 1.98. The Labute approximate surface area is 130 Å². The molecule has 2 aromatic rings. The van der Waals surface area contributed by atoms with Crippen LogP contribution in [0, 0.1) is 6.92 Å². The van der Waals surface area contributed by atoms with E-state index < -0.39 is 5.97 Å². The lowest BCUT2D eigenvalue weighted by atomic mass is 10.2. The van der Waals surface area contributed by atoms with Crippen LogP contribution in [0.4, 0.5) is 0 Å². The van der Waals surface area contributed by atoms with E-state index >= 15 is 0 Å². The first-order chi connectivity index (χ1) is 9.52. The maximum atomic E-state index is 11.4. The first kappa shape index (κ1) is 14.9. The standard InChI is InChI=1S/C15H13BrO3S/c1-9-6-7-11(10(16)8-9)19-12-4-3-5-13(20-2)14(12)15(17)18/h3-8H,1-2H3,(H,17,18). The van der Waals surface area contributed by atoms with Crippen molar-refractivity contribution >= 4 is 33.7 Å². The summed E-state index contributed by atoms with van der Waals surface area (Å²) in [4.78, 5) is 12.1. The van der Waals surface area contributed by atoms with Crippen molar-refractivity contribution in [3.63, 3.8) is 0 Å². The molecule has 0 aliphatic carbocycles. The van der Waals surface area contributed by atoms with Crippen LogP contribution in [0.25, 0.3) is 0 Å². The maximum absolute atomic E-state index is 11.4. The predicted octanol–water partition coefficient (Wildman–Crippen LogP) is 4.97. The van der Waals surface area contributed by atoms with Gasteiger partial charge in [-0.05, 0) is 58.9 Å². The zero-order chi connectivity index (χ0) is 14.7. The molecule has 0 saturated carbocycles. The molecule has 0 fully saturated rings. The van der Waals surface area contributed by atoms with Crippen LogP contribution in [0.2, 0.25) is 0 Å². The minimum absolute atomic E-state index is 0.187. The number of carboxylic acid groups (broad SMARTS) is 1. The molecule has 0 saturated heterocycles. The van der Waals surface area contributed by atoms with Gasteiger partial charge in [0.15, 0.2) is 0 Å². The Balaban J connectivity index is 2.45. The van der Waals surface area contributed by atoms with Crippen LogP contribution in [0.3, 0.4) is 0 Å². The van der Waals surface area contributed by atoms with Crippen molar-refractivity contribution in [3.05, 3.63) is 52.0 Å². The van der Waals surface area contributed by atoms with Crippen molar-refractivity contribution < 1.29 is 14.6 Å². The predicted molar refractivity (Wildman–Crippen MR) is 84.1 cm³/mol. The van der Waals surface area contributed by atoms with Gasteiger partial charge in [-0.2, -0.15) is 0 Å². The molecule has 1 N–H and O–H groups in total. The Morgan fingerprint density at radius 1 is 1.25 bits per heavy atom. The van der Waals surface area contributed by atoms with Gasteiger partial charge in [0.1, 0.15) is 17.1 Å². The Morgan fingerprint density at radius 2 is 2.00 bits per heavy atom. The summed E-state index contributed by atoms with van der Waals surface area (Å²) in [6, 6.07) is 10.9. The molecule has 0 radical (unpaired) electrons. The average Bonchev–Trinajstić information content (AvgIpc) is 2.41. The van der Waals surface area contributed by atoms with Gasteiger partial charge in [-0.1, -0.05) is 12.1 Å². The van der Waals surface area contributed by atoms with Gasteiger partial charge in [0.25, 0.3) is 0 Å². The number of hydrogen-bond acceptors (Lipinski definition) is 3. The molecule has 0 amide bonds. The van der Waals surface area contributed by atoms with E-state index in [9.17, 15) is 9.90 Å². The number of hydrogen-bond donors (Lipinski definition) is 1. The summed E-state index contributed by atoms with van der Waals surface area (Å²) in [7, 11) is 0. The van der Waals surface area contributed by atoms with E-state index in [2.05, 4.69) is 15.9 Å². The Kier molecular flexibility index (Phi) is 4.73. The molecule has 0 aliphatic rings.